The Bertz CT molecular complexity index is 948. The van der Waals surface area contributed by atoms with E-state index in [2.05, 4.69) is 45.9 Å². The van der Waals surface area contributed by atoms with Crippen molar-refractivity contribution in [2.24, 2.45) is 0 Å². The van der Waals surface area contributed by atoms with Crippen molar-refractivity contribution in [1.82, 2.24) is 15.1 Å². The van der Waals surface area contributed by atoms with Gasteiger partial charge in [-0.2, -0.15) is 5.10 Å². The summed E-state index contributed by atoms with van der Waals surface area (Å²) in [5, 5.41) is 11.6. The van der Waals surface area contributed by atoms with Crippen LogP contribution in [0.2, 0.25) is 0 Å². The number of hydrogen-bond donors (Lipinski definition) is 2. The van der Waals surface area contributed by atoms with Gasteiger partial charge in [0, 0.05) is 13.1 Å². The van der Waals surface area contributed by atoms with Crippen LogP contribution in [0.1, 0.15) is 5.56 Å². The number of carbonyl (C=O) groups excluding carboxylic acids is 1. The van der Waals surface area contributed by atoms with Gasteiger partial charge in [0.1, 0.15) is 0 Å². The topological polar surface area (TPSA) is 71.4 Å². The molecule has 1 fully saturated rings. The minimum absolute atomic E-state index is 0.106. The highest BCUT2D eigenvalue weighted by Gasteiger charge is 2.21. The van der Waals surface area contributed by atoms with Gasteiger partial charge in [0.25, 0.3) is 0 Å². The highest BCUT2D eigenvalue weighted by atomic mass is 16.5. The van der Waals surface area contributed by atoms with Crippen LogP contribution in [0.4, 0.5) is 11.5 Å². The second-order valence-corrected chi connectivity index (χ2v) is 6.84. The normalized spacial score (nSPS) is 14.4. The first-order chi connectivity index (χ1) is 13.8. The molecule has 0 aliphatic carbocycles. The van der Waals surface area contributed by atoms with Crippen molar-refractivity contribution in [2.75, 3.05) is 50.1 Å². The van der Waals surface area contributed by atoms with Crippen LogP contribution < -0.4 is 15.5 Å². The number of fused-ring (bicyclic) bond motifs is 1. The minimum atomic E-state index is -0.106. The van der Waals surface area contributed by atoms with E-state index in [4.69, 9.17) is 9.84 Å². The lowest BCUT2D eigenvalue weighted by atomic mass is 10.1. The Balaban J connectivity index is 1.78. The number of nitrogens with one attached hydrogen (secondary N) is 2. The van der Waals surface area contributed by atoms with E-state index in [1.165, 1.54) is 0 Å². The fraction of sp³-hybridized carbons (Fsp3) is 0.333. The van der Waals surface area contributed by atoms with E-state index in [0.717, 1.165) is 35.2 Å². The minimum Gasteiger partial charge on any atom is -0.378 e. The van der Waals surface area contributed by atoms with Crippen molar-refractivity contribution in [3.8, 4) is 0 Å². The van der Waals surface area contributed by atoms with Crippen molar-refractivity contribution in [3.63, 3.8) is 0 Å². The van der Waals surface area contributed by atoms with Gasteiger partial charge in [-0.15, -0.1) is 0 Å². The van der Waals surface area contributed by atoms with Crippen LogP contribution >= 0.6 is 0 Å². The van der Waals surface area contributed by atoms with Gasteiger partial charge in [0.05, 0.1) is 42.9 Å². The van der Waals surface area contributed by atoms with Gasteiger partial charge in [0.2, 0.25) is 5.91 Å². The van der Waals surface area contributed by atoms with Gasteiger partial charge < -0.3 is 20.3 Å². The van der Waals surface area contributed by atoms with Crippen LogP contribution in [0, 0.1) is 0 Å². The number of nitrogens with zero attached hydrogens (tertiary/aromatic N) is 3. The maximum Gasteiger partial charge on any atom is 0.239 e. The summed E-state index contributed by atoms with van der Waals surface area (Å²) in [6.45, 7) is 3.95. The third-order valence-corrected chi connectivity index (χ3v) is 4.88. The fourth-order valence-corrected chi connectivity index (χ4v) is 3.58. The lowest BCUT2D eigenvalue weighted by Crippen LogP contribution is -2.36. The number of likely N-dealkylation sites (N-methyl/N-ethyl adjacent to an activating group) is 1. The van der Waals surface area contributed by atoms with Gasteiger partial charge >= 0.3 is 0 Å². The molecule has 2 aromatic carbocycles. The number of aromatic nitrogens is 2. The van der Waals surface area contributed by atoms with Gasteiger partial charge in [0.15, 0.2) is 5.82 Å². The monoisotopic (exact) mass is 379 g/mol. The van der Waals surface area contributed by atoms with E-state index < -0.39 is 0 Å². The average Bonchev–Trinajstić information content (AvgIpc) is 3.07. The molecule has 146 valence electrons. The number of morpholine rings is 1. The maximum absolute atomic E-state index is 12.3. The van der Waals surface area contributed by atoms with E-state index in [1.807, 2.05) is 22.9 Å². The molecule has 2 N–H and O–H groups in total. The number of ether oxygens (including phenoxy) is 1. The number of benzene rings is 2. The Hall–Kier alpha value is -2.90. The van der Waals surface area contributed by atoms with Crippen LogP contribution in [0.15, 0.2) is 48.5 Å². The van der Waals surface area contributed by atoms with Gasteiger partial charge in [-0.25, -0.2) is 0 Å². The predicted molar refractivity (Wildman–Crippen MR) is 111 cm³/mol. The number of amides is 1. The highest BCUT2D eigenvalue weighted by Crippen LogP contribution is 2.33. The highest BCUT2D eigenvalue weighted by molar-refractivity contribution is 6.06. The number of anilines is 2. The zero-order chi connectivity index (χ0) is 19.3. The third-order valence-electron chi connectivity index (χ3n) is 4.88. The molecule has 0 saturated carbocycles. The Morgan fingerprint density at radius 1 is 1.11 bits per heavy atom. The van der Waals surface area contributed by atoms with Gasteiger partial charge in [-0.1, -0.05) is 36.4 Å². The summed E-state index contributed by atoms with van der Waals surface area (Å²) < 4.78 is 7.47. The summed E-state index contributed by atoms with van der Waals surface area (Å²) in [7, 11) is 1.75. The van der Waals surface area contributed by atoms with E-state index in [-0.39, 0.29) is 12.5 Å². The van der Waals surface area contributed by atoms with Crippen LogP contribution in [0.25, 0.3) is 10.9 Å². The molecule has 0 unspecified atom stereocenters. The summed E-state index contributed by atoms with van der Waals surface area (Å²) >= 11 is 0. The maximum atomic E-state index is 12.3. The molecule has 2 heterocycles. The van der Waals surface area contributed by atoms with Crippen molar-refractivity contribution in [2.45, 2.75) is 6.54 Å². The molecule has 1 aliphatic heterocycles. The number of rotatable bonds is 6. The smallest absolute Gasteiger partial charge is 0.239 e. The molecular weight excluding hydrogens is 354 g/mol. The molecule has 7 heteroatoms. The van der Waals surface area contributed by atoms with Crippen molar-refractivity contribution < 1.29 is 9.53 Å². The van der Waals surface area contributed by atoms with Crippen molar-refractivity contribution in [3.05, 3.63) is 54.1 Å². The number of hydrogen-bond acceptors (Lipinski definition) is 5. The van der Waals surface area contributed by atoms with Gasteiger partial charge in [-0.05, 0) is 24.7 Å². The lowest BCUT2D eigenvalue weighted by Gasteiger charge is -2.29. The molecule has 1 amide bonds. The molecule has 1 aromatic heterocycles. The largest absolute Gasteiger partial charge is 0.378 e. The molecular formula is C21H25N5O2. The predicted octanol–water partition coefficient (Wildman–Crippen LogP) is 2.08. The Kier molecular flexibility index (Phi) is 5.55. The summed E-state index contributed by atoms with van der Waals surface area (Å²) in [6.07, 6.45) is 0. The molecule has 3 aromatic rings. The van der Waals surface area contributed by atoms with Gasteiger partial charge in [-0.3, -0.25) is 9.48 Å². The van der Waals surface area contributed by atoms with E-state index in [1.54, 1.807) is 7.05 Å². The first-order valence-corrected chi connectivity index (χ1v) is 9.57. The van der Waals surface area contributed by atoms with Crippen LogP contribution in [-0.2, 0) is 16.1 Å². The van der Waals surface area contributed by atoms with Crippen LogP contribution in [0.5, 0.6) is 0 Å². The molecule has 28 heavy (non-hydrogen) atoms. The third kappa shape index (κ3) is 3.85. The first-order valence-electron chi connectivity index (χ1n) is 9.57. The zero-order valence-corrected chi connectivity index (χ0v) is 16.0. The van der Waals surface area contributed by atoms with Crippen LogP contribution in [0.3, 0.4) is 0 Å². The molecule has 0 atom stereocenters. The average molecular weight is 379 g/mol. The Morgan fingerprint density at radius 3 is 2.64 bits per heavy atom. The molecule has 0 spiro atoms. The summed E-state index contributed by atoms with van der Waals surface area (Å²) in [5.41, 5.74) is 3.25. The zero-order valence-electron chi connectivity index (χ0n) is 16.0. The summed E-state index contributed by atoms with van der Waals surface area (Å²) in [6, 6.07) is 16.4. The molecule has 4 rings (SSSR count). The Morgan fingerprint density at radius 2 is 1.89 bits per heavy atom. The first kappa shape index (κ1) is 18.5. The summed E-state index contributed by atoms with van der Waals surface area (Å²) in [5.74, 6) is 0.499. The SMILES string of the molecule is CNCC(=O)Nc1nn(Cc2ccccc2)c2cccc(N3CCOCC3)c12. The second-order valence-electron chi connectivity index (χ2n) is 6.84. The molecule has 1 aliphatic rings. The Labute approximate surface area is 164 Å². The van der Waals surface area contributed by atoms with Crippen molar-refractivity contribution in [1.29, 1.82) is 0 Å². The summed E-state index contributed by atoms with van der Waals surface area (Å²) in [4.78, 5) is 14.6. The lowest BCUT2D eigenvalue weighted by molar-refractivity contribution is -0.115. The molecule has 0 radical (unpaired) electrons. The fourth-order valence-electron chi connectivity index (χ4n) is 3.58. The number of carbonyl (C=O) groups is 1. The quantitative estimate of drug-likeness (QED) is 0.686. The van der Waals surface area contributed by atoms with Crippen molar-refractivity contribution >= 4 is 28.3 Å². The second kappa shape index (κ2) is 8.41. The standard InChI is InChI=1S/C21H25N5O2/c1-22-14-19(27)23-21-20-17(25-10-12-28-13-11-25)8-5-9-18(20)26(24-21)15-16-6-3-2-4-7-16/h2-9,22H,10-15H2,1H3,(H,23,24,27). The molecule has 7 nitrogen and oxygen atoms in total. The van der Waals surface area contributed by atoms with E-state index in [9.17, 15) is 4.79 Å². The van der Waals surface area contributed by atoms with Crippen LogP contribution in [-0.4, -0.2) is 55.6 Å². The van der Waals surface area contributed by atoms with E-state index in [0.29, 0.717) is 25.6 Å². The van der Waals surface area contributed by atoms with E-state index >= 15 is 0 Å². The molecule has 1 saturated heterocycles. The molecule has 0 bridgehead atoms.